The summed E-state index contributed by atoms with van der Waals surface area (Å²) in [5.41, 5.74) is 0. The first-order valence-corrected chi connectivity index (χ1v) is 6.06. The Kier molecular flexibility index (Phi) is 5.89. The van der Waals surface area contributed by atoms with Crippen molar-refractivity contribution in [2.24, 2.45) is 0 Å². The van der Waals surface area contributed by atoms with Crippen LogP contribution < -0.4 is 0 Å². The molecule has 0 radical (unpaired) electrons. The van der Waals surface area contributed by atoms with Crippen molar-refractivity contribution >= 4 is 0 Å². The van der Waals surface area contributed by atoms with Crippen molar-refractivity contribution in [2.45, 2.75) is 56.9 Å². The summed E-state index contributed by atoms with van der Waals surface area (Å²) < 4.78 is 0. The summed E-state index contributed by atoms with van der Waals surface area (Å²) in [5, 5.41) is 38.6. The van der Waals surface area contributed by atoms with Crippen molar-refractivity contribution in [2.75, 3.05) is 6.61 Å². The molecule has 0 bridgehead atoms. The van der Waals surface area contributed by atoms with E-state index >= 15 is 0 Å². The summed E-state index contributed by atoms with van der Waals surface area (Å²) in [5.74, 6) is 5.62. The van der Waals surface area contributed by atoms with Gasteiger partial charge in [-0.05, 0) is 6.42 Å². The third kappa shape index (κ3) is 3.41. The highest BCUT2D eigenvalue weighted by Crippen LogP contribution is 2.22. The average molecular weight is 243 g/mol. The zero-order chi connectivity index (χ0) is 12.8. The Labute approximate surface area is 102 Å². The van der Waals surface area contributed by atoms with Gasteiger partial charge in [0.15, 0.2) is 0 Å². The van der Waals surface area contributed by atoms with Crippen LogP contribution in [0.4, 0.5) is 0 Å². The van der Waals surface area contributed by atoms with E-state index in [9.17, 15) is 15.4 Å². The van der Waals surface area contributed by atoms with E-state index in [1.54, 1.807) is 0 Å². The number of aliphatic hydroxyl groups excluding tert-OH is 3. The van der Waals surface area contributed by atoms with E-state index < -0.39 is 30.9 Å². The van der Waals surface area contributed by atoms with E-state index in [1.807, 2.05) is 0 Å². The number of rotatable bonds is 4. The van der Waals surface area contributed by atoms with Crippen molar-refractivity contribution in [3.8, 4) is 11.8 Å². The van der Waals surface area contributed by atoms with Gasteiger partial charge in [-0.15, -0.1) is 5.92 Å². The molecule has 1 aliphatic rings. The van der Waals surface area contributed by atoms with Gasteiger partial charge in [0.1, 0.15) is 18.2 Å². The van der Waals surface area contributed by atoms with Gasteiger partial charge in [-0.3, -0.25) is 0 Å². The molecule has 5 nitrogen and oxygen atoms in total. The molecule has 0 spiro atoms. The molecule has 0 saturated carbocycles. The Morgan fingerprint density at radius 2 is 1.88 bits per heavy atom. The molecule has 0 aromatic carbocycles. The van der Waals surface area contributed by atoms with Crippen molar-refractivity contribution in [1.29, 1.82) is 0 Å². The Hall–Kier alpha value is -0.640. The molecule has 4 atom stereocenters. The summed E-state index contributed by atoms with van der Waals surface area (Å²) >= 11 is 0. The number of aliphatic hydroxyl groups is 3. The Balaban J connectivity index is 2.53. The Morgan fingerprint density at radius 1 is 1.18 bits per heavy atom. The normalized spacial score (nSPS) is 33.5. The lowest BCUT2D eigenvalue weighted by Gasteiger charge is -2.18. The first kappa shape index (κ1) is 14.4. The van der Waals surface area contributed by atoms with Gasteiger partial charge in [0.25, 0.3) is 0 Å². The molecular formula is C12H21NO4. The molecule has 1 aliphatic heterocycles. The summed E-state index contributed by atoms with van der Waals surface area (Å²) in [4.78, 5) is 0. The molecule has 98 valence electrons. The molecule has 1 heterocycles. The van der Waals surface area contributed by atoms with Crippen LogP contribution >= 0.6 is 0 Å². The zero-order valence-electron chi connectivity index (χ0n) is 10.1. The van der Waals surface area contributed by atoms with Crippen LogP contribution in [-0.2, 0) is 0 Å². The fourth-order valence-corrected chi connectivity index (χ4v) is 1.92. The molecule has 1 rings (SSSR count). The number of nitrogens with zero attached hydrogens (tertiary/aromatic N) is 1. The van der Waals surface area contributed by atoms with E-state index in [4.69, 9.17) is 5.11 Å². The van der Waals surface area contributed by atoms with Gasteiger partial charge in [0.05, 0.1) is 12.6 Å². The molecule has 0 aliphatic carbocycles. The van der Waals surface area contributed by atoms with Crippen LogP contribution in [0.2, 0.25) is 0 Å². The second-order valence-corrected chi connectivity index (χ2v) is 4.33. The highest BCUT2D eigenvalue weighted by molar-refractivity contribution is 5.15. The van der Waals surface area contributed by atoms with Gasteiger partial charge < -0.3 is 20.5 Å². The van der Waals surface area contributed by atoms with Gasteiger partial charge in [-0.25, -0.2) is 0 Å². The molecule has 0 aromatic rings. The van der Waals surface area contributed by atoms with Crippen LogP contribution in [0.25, 0.3) is 0 Å². The maximum Gasteiger partial charge on any atom is 0.124 e. The van der Waals surface area contributed by atoms with E-state index in [1.165, 1.54) is 0 Å². The van der Waals surface area contributed by atoms with E-state index in [0.29, 0.717) is 6.42 Å². The lowest BCUT2D eigenvalue weighted by molar-refractivity contribution is -0.142. The van der Waals surface area contributed by atoms with Crippen molar-refractivity contribution < 1.29 is 20.5 Å². The average Bonchev–Trinajstić information content (AvgIpc) is 2.52. The minimum Gasteiger partial charge on any atom is -0.395 e. The molecule has 4 N–H and O–H groups in total. The minimum absolute atomic E-state index is 0.414. The quantitative estimate of drug-likeness (QED) is 0.403. The first-order valence-electron chi connectivity index (χ1n) is 6.06. The summed E-state index contributed by atoms with van der Waals surface area (Å²) in [6.45, 7) is 1.69. The smallest absolute Gasteiger partial charge is 0.124 e. The third-order valence-corrected chi connectivity index (χ3v) is 3.03. The van der Waals surface area contributed by atoms with Gasteiger partial charge in [-0.2, -0.15) is 5.06 Å². The monoisotopic (exact) mass is 243 g/mol. The molecule has 1 saturated heterocycles. The Morgan fingerprint density at radius 3 is 2.41 bits per heavy atom. The highest BCUT2D eigenvalue weighted by Gasteiger charge is 2.46. The number of unbranched alkanes of at least 4 members (excludes halogenated alkanes) is 3. The van der Waals surface area contributed by atoms with Gasteiger partial charge in [-0.1, -0.05) is 25.7 Å². The fraction of sp³-hybridized carbons (Fsp3) is 0.833. The van der Waals surface area contributed by atoms with Crippen LogP contribution in [0.1, 0.15) is 32.6 Å². The van der Waals surface area contributed by atoms with E-state index in [0.717, 1.165) is 24.3 Å². The second-order valence-electron chi connectivity index (χ2n) is 4.33. The molecular weight excluding hydrogens is 222 g/mol. The number of hydrogen-bond acceptors (Lipinski definition) is 5. The number of hydroxylamine groups is 2. The van der Waals surface area contributed by atoms with Crippen LogP contribution in [0.5, 0.6) is 0 Å². The first-order chi connectivity index (χ1) is 8.13. The van der Waals surface area contributed by atoms with Crippen molar-refractivity contribution in [3.05, 3.63) is 0 Å². The summed E-state index contributed by atoms with van der Waals surface area (Å²) in [7, 11) is 0. The lowest BCUT2D eigenvalue weighted by Crippen LogP contribution is -2.38. The third-order valence-electron chi connectivity index (χ3n) is 3.03. The zero-order valence-corrected chi connectivity index (χ0v) is 10.1. The van der Waals surface area contributed by atoms with Crippen molar-refractivity contribution in [3.63, 3.8) is 0 Å². The molecule has 5 heteroatoms. The maximum absolute atomic E-state index is 9.67. The molecule has 1 fully saturated rings. The molecule has 2 unspecified atom stereocenters. The van der Waals surface area contributed by atoms with Crippen LogP contribution in [0.15, 0.2) is 0 Å². The summed E-state index contributed by atoms with van der Waals surface area (Å²) in [6, 6.07) is -1.68. The predicted octanol–water partition coefficient (Wildman–Crippen LogP) is -0.274. The highest BCUT2D eigenvalue weighted by atomic mass is 16.5. The maximum atomic E-state index is 9.67. The minimum atomic E-state index is -1.17. The SMILES string of the molecule is CCCCCC#CC1C(O)[C@H](O)[C@H](CO)N1O. The van der Waals surface area contributed by atoms with E-state index in [2.05, 4.69) is 18.8 Å². The van der Waals surface area contributed by atoms with Gasteiger partial charge >= 0.3 is 0 Å². The predicted molar refractivity (Wildman–Crippen MR) is 62.2 cm³/mol. The molecule has 0 amide bonds. The topological polar surface area (TPSA) is 84.2 Å². The summed E-state index contributed by atoms with van der Waals surface area (Å²) in [6.07, 6.45) is 1.61. The standard InChI is InChI=1S/C12H21NO4/c1-2-3-4-5-6-7-9-11(15)12(16)10(8-14)13(9)17/h9-12,14-17H,2-5,8H2,1H3/t9?,10-,11?,12+/m0/s1. The van der Waals surface area contributed by atoms with Crippen LogP contribution in [-0.4, -0.2) is 56.5 Å². The van der Waals surface area contributed by atoms with Crippen LogP contribution in [0.3, 0.4) is 0 Å². The lowest BCUT2D eigenvalue weighted by atomic mass is 10.1. The van der Waals surface area contributed by atoms with E-state index in [-0.39, 0.29) is 0 Å². The molecule has 17 heavy (non-hydrogen) atoms. The largest absolute Gasteiger partial charge is 0.395 e. The van der Waals surface area contributed by atoms with Crippen LogP contribution in [0, 0.1) is 11.8 Å². The molecule has 0 aromatic heterocycles. The second kappa shape index (κ2) is 6.94. The number of hydrogen-bond donors (Lipinski definition) is 4. The van der Waals surface area contributed by atoms with Gasteiger partial charge in [0, 0.05) is 6.42 Å². The Bertz CT molecular complexity index is 286. The van der Waals surface area contributed by atoms with Gasteiger partial charge in [0.2, 0.25) is 0 Å². The van der Waals surface area contributed by atoms with Crippen molar-refractivity contribution in [1.82, 2.24) is 5.06 Å². The fourth-order valence-electron chi connectivity index (χ4n) is 1.92.